The van der Waals surface area contributed by atoms with Crippen LogP contribution in [-0.2, 0) is 26.2 Å². The van der Waals surface area contributed by atoms with Crippen molar-refractivity contribution in [2.75, 3.05) is 10.8 Å². The maximum atomic E-state index is 14.0. The van der Waals surface area contributed by atoms with E-state index in [4.69, 9.17) is 34.8 Å². The molecule has 0 unspecified atom stereocenters. The Hall–Kier alpha value is -2.78. The van der Waals surface area contributed by atoms with E-state index in [1.165, 1.54) is 35.2 Å². The Morgan fingerprint density at radius 2 is 1.59 bits per heavy atom. The molecule has 1 N–H and O–H groups in total. The van der Waals surface area contributed by atoms with Crippen molar-refractivity contribution >= 4 is 62.3 Å². The van der Waals surface area contributed by atoms with Crippen LogP contribution in [0.2, 0.25) is 15.1 Å². The van der Waals surface area contributed by atoms with Gasteiger partial charge in [0.25, 0.3) is 10.0 Å². The van der Waals surface area contributed by atoms with E-state index in [-0.39, 0.29) is 34.1 Å². The second-order valence-electron chi connectivity index (χ2n) is 10.1. The summed E-state index contributed by atoms with van der Waals surface area (Å²) in [6.07, 6.45) is 5.00. The highest BCUT2D eigenvalue weighted by Gasteiger charge is 2.34. The smallest absolute Gasteiger partial charge is 0.264 e. The van der Waals surface area contributed by atoms with Gasteiger partial charge in [-0.3, -0.25) is 13.9 Å². The van der Waals surface area contributed by atoms with E-state index in [0.29, 0.717) is 15.6 Å². The molecule has 0 saturated heterocycles. The van der Waals surface area contributed by atoms with E-state index in [9.17, 15) is 18.0 Å². The third kappa shape index (κ3) is 7.95. The number of amides is 2. The number of rotatable bonds is 10. The lowest BCUT2D eigenvalue weighted by molar-refractivity contribution is -0.139. The molecule has 0 heterocycles. The molecule has 218 valence electrons. The van der Waals surface area contributed by atoms with E-state index >= 15 is 0 Å². The molecule has 0 radical (unpaired) electrons. The van der Waals surface area contributed by atoms with Gasteiger partial charge in [0.15, 0.2) is 0 Å². The molecule has 0 aromatic heterocycles. The summed E-state index contributed by atoms with van der Waals surface area (Å²) in [5, 5.41) is 3.94. The monoisotopic (exact) mass is 635 g/mol. The molecule has 0 aliphatic heterocycles. The number of anilines is 1. The van der Waals surface area contributed by atoms with Crippen LogP contribution < -0.4 is 9.62 Å². The van der Waals surface area contributed by atoms with Crippen LogP contribution in [0.25, 0.3) is 0 Å². The number of sulfonamides is 1. The van der Waals surface area contributed by atoms with Gasteiger partial charge in [-0.05, 0) is 67.8 Å². The lowest BCUT2D eigenvalue weighted by Crippen LogP contribution is -2.53. The molecular weight excluding hydrogens is 605 g/mol. The summed E-state index contributed by atoms with van der Waals surface area (Å²) in [5.41, 5.74) is 0.792. The number of benzene rings is 3. The summed E-state index contributed by atoms with van der Waals surface area (Å²) in [5.74, 6) is -0.879. The fourth-order valence-corrected chi connectivity index (χ4v) is 7.13. The van der Waals surface area contributed by atoms with Crippen molar-refractivity contribution in [1.82, 2.24) is 10.2 Å². The normalized spacial score (nSPS) is 14.7. The molecule has 41 heavy (non-hydrogen) atoms. The Morgan fingerprint density at radius 1 is 0.902 bits per heavy atom. The first-order chi connectivity index (χ1) is 19.6. The highest BCUT2D eigenvalue weighted by molar-refractivity contribution is 7.92. The van der Waals surface area contributed by atoms with Crippen LogP contribution in [0.1, 0.15) is 44.6 Å². The van der Waals surface area contributed by atoms with Crippen molar-refractivity contribution in [3.05, 3.63) is 93.4 Å². The number of nitrogens with zero attached hydrogens (tertiary/aromatic N) is 2. The van der Waals surface area contributed by atoms with Gasteiger partial charge in [0.2, 0.25) is 11.8 Å². The van der Waals surface area contributed by atoms with Crippen LogP contribution in [0, 0.1) is 0 Å². The lowest BCUT2D eigenvalue weighted by atomic mass is 9.95. The Labute approximate surface area is 256 Å². The summed E-state index contributed by atoms with van der Waals surface area (Å²) in [6, 6.07) is 18.3. The van der Waals surface area contributed by atoms with Crippen LogP contribution in [-0.4, -0.2) is 43.8 Å². The van der Waals surface area contributed by atoms with Crippen molar-refractivity contribution in [3.63, 3.8) is 0 Å². The molecule has 1 aliphatic carbocycles. The Balaban J connectivity index is 1.69. The highest BCUT2D eigenvalue weighted by atomic mass is 35.5. The molecule has 0 bridgehead atoms. The summed E-state index contributed by atoms with van der Waals surface area (Å²) in [4.78, 5) is 28.8. The van der Waals surface area contributed by atoms with Crippen molar-refractivity contribution in [2.24, 2.45) is 0 Å². The fourth-order valence-electron chi connectivity index (χ4n) is 4.90. The van der Waals surface area contributed by atoms with E-state index in [1.54, 1.807) is 49.4 Å². The third-order valence-corrected chi connectivity index (χ3v) is 9.70. The average Bonchev–Trinajstić information content (AvgIpc) is 2.95. The zero-order valence-electron chi connectivity index (χ0n) is 22.6. The average molecular weight is 637 g/mol. The maximum absolute atomic E-state index is 14.0. The highest BCUT2D eigenvalue weighted by Crippen LogP contribution is 2.33. The van der Waals surface area contributed by atoms with Crippen LogP contribution in [0.4, 0.5) is 5.69 Å². The Morgan fingerprint density at radius 3 is 2.24 bits per heavy atom. The molecule has 3 aromatic rings. The predicted molar refractivity (Wildman–Crippen MR) is 164 cm³/mol. The third-order valence-electron chi connectivity index (χ3n) is 7.15. The largest absolute Gasteiger partial charge is 0.352 e. The minimum Gasteiger partial charge on any atom is -0.352 e. The van der Waals surface area contributed by atoms with Crippen LogP contribution in [0.3, 0.4) is 0 Å². The molecule has 1 aliphatic rings. The molecule has 0 spiro atoms. The van der Waals surface area contributed by atoms with Crippen molar-refractivity contribution < 1.29 is 18.0 Å². The maximum Gasteiger partial charge on any atom is 0.264 e. The van der Waals surface area contributed by atoms with E-state index in [1.807, 2.05) is 0 Å². The number of hydrogen-bond donors (Lipinski definition) is 1. The number of carbonyl (C=O) groups excluding carboxylic acids is 2. The second kappa shape index (κ2) is 13.9. The molecule has 1 atom stereocenters. The predicted octanol–water partition coefficient (Wildman–Crippen LogP) is 6.71. The zero-order chi connectivity index (χ0) is 29.6. The molecule has 1 fully saturated rings. The quantitative estimate of drug-likeness (QED) is 0.268. The summed E-state index contributed by atoms with van der Waals surface area (Å²) in [7, 11) is -4.23. The number of hydrogen-bond acceptors (Lipinski definition) is 4. The van der Waals surface area contributed by atoms with Crippen molar-refractivity contribution in [1.29, 1.82) is 0 Å². The van der Waals surface area contributed by atoms with Gasteiger partial charge in [-0.2, -0.15) is 0 Å². The minimum atomic E-state index is -4.23. The molecule has 7 nitrogen and oxygen atoms in total. The summed E-state index contributed by atoms with van der Waals surface area (Å²) in [6.45, 7) is 1.10. The first-order valence-corrected chi connectivity index (χ1v) is 16.0. The van der Waals surface area contributed by atoms with Gasteiger partial charge < -0.3 is 10.2 Å². The molecule has 11 heteroatoms. The minimum absolute atomic E-state index is 0.0108. The SMILES string of the molecule is C[C@H](C(=O)NC1CCCCC1)N(Cc1cccc(Cl)c1)C(=O)CN(c1ccc(Cl)cc1Cl)S(=O)(=O)c1ccccc1. The molecule has 4 rings (SSSR count). The topological polar surface area (TPSA) is 86.8 Å². The van der Waals surface area contributed by atoms with Crippen molar-refractivity contribution in [2.45, 2.75) is 62.6 Å². The van der Waals surface area contributed by atoms with Gasteiger partial charge in [0.05, 0.1) is 15.6 Å². The summed E-state index contributed by atoms with van der Waals surface area (Å²) < 4.78 is 28.7. The van der Waals surface area contributed by atoms with Crippen LogP contribution >= 0.6 is 34.8 Å². The Kier molecular flexibility index (Phi) is 10.6. The number of halogens is 3. The van der Waals surface area contributed by atoms with E-state index in [2.05, 4.69) is 5.32 Å². The van der Waals surface area contributed by atoms with Gasteiger partial charge >= 0.3 is 0 Å². The zero-order valence-corrected chi connectivity index (χ0v) is 25.7. The lowest BCUT2D eigenvalue weighted by Gasteiger charge is -2.33. The molecule has 3 aromatic carbocycles. The first kappa shape index (κ1) is 31.2. The standard InChI is InChI=1S/C30H32Cl3N3O4S/c1-21(30(38)34-25-11-4-2-5-12-25)35(19-22-9-8-10-23(31)17-22)29(37)20-36(28-16-15-24(32)18-27(28)33)41(39,40)26-13-6-3-7-14-26/h3,6-10,13-18,21,25H,2,4-5,11-12,19-20H2,1H3,(H,34,38)/t21-/m1/s1. The molecule has 2 amide bonds. The van der Waals surface area contributed by atoms with Gasteiger partial charge in [0, 0.05) is 22.6 Å². The molecule has 1 saturated carbocycles. The van der Waals surface area contributed by atoms with Crippen LogP contribution in [0.15, 0.2) is 77.7 Å². The van der Waals surface area contributed by atoms with Gasteiger partial charge in [-0.1, -0.05) is 84.4 Å². The number of carbonyl (C=O) groups is 2. The van der Waals surface area contributed by atoms with Gasteiger partial charge in [-0.25, -0.2) is 8.42 Å². The van der Waals surface area contributed by atoms with Gasteiger partial charge in [-0.15, -0.1) is 0 Å². The first-order valence-electron chi connectivity index (χ1n) is 13.4. The van der Waals surface area contributed by atoms with Crippen molar-refractivity contribution in [3.8, 4) is 0 Å². The second-order valence-corrected chi connectivity index (χ2v) is 13.2. The Bertz CT molecular complexity index is 1480. The summed E-state index contributed by atoms with van der Waals surface area (Å²) >= 11 is 18.7. The molecular formula is C30H32Cl3N3O4S. The van der Waals surface area contributed by atoms with Crippen LogP contribution in [0.5, 0.6) is 0 Å². The van der Waals surface area contributed by atoms with E-state index in [0.717, 1.165) is 36.4 Å². The number of nitrogens with one attached hydrogen (secondary N) is 1. The fraction of sp³-hybridized carbons (Fsp3) is 0.333. The van der Waals surface area contributed by atoms with E-state index < -0.39 is 28.5 Å². The van der Waals surface area contributed by atoms with Gasteiger partial charge in [0.1, 0.15) is 12.6 Å².